The monoisotopic (exact) mass is 429 g/mol. The summed E-state index contributed by atoms with van der Waals surface area (Å²) in [6.07, 6.45) is 10.8. The van der Waals surface area contributed by atoms with E-state index in [9.17, 15) is 9.59 Å². The molecule has 2 aromatic heterocycles. The van der Waals surface area contributed by atoms with Crippen molar-refractivity contribution >= 4 is 11.8 Å². The summed E-state index contributed by atoms with van der Waals surface area (Å²) < 4.78 is 1.70. The van der Waals surface area contributed by atoms with Crippen LogP contribution in [0.2, 0.25) is 0 Å². The minimum Gasteiger partial charge on any atom is -0.310 e. The summed E-state index contributed by atoms with van der Waals surface area (Å²) in [6, 6.07) is 1.60. The fourth-order valence-electron chi connectivity index (χ4n) is 6.50. The van der Waals surface area contributed by atoms with Gasteiger partial charge in [0, 0.05) is 23.8 Å². The molecule has 4 bridgehead atoms. The molecule has 6 rings (SSSR count). The number of hydrogen-bond acceptors (Lipinski definition) is 5. The van der Waals surface area contributed by atoms with Gasteiger partial charge in [-0.05, 0) is 62.7 Å². The van der Waals surface area contributed by atoms with Crippen LogP contribution >= 0.6 is 11.8 Å². The highest BCUT2D eigenvalue weighted by atomic mass is 32.2. The van der Waals surface area contributed by atoms with Gasteiger partial charge in [-0.2, -0.15) is 0 Å². The third kappa shape index (κ3) is 3.79. The average molecular weight is 430 g/mol. The lowest BCUT2D eigenvalue weighted by Gasteiger charge is -2.56. The van der Waals surface area contributed by atoms with E-state index in [2.05, 4.69) is 22.1 Å². The number of aromatic nitrogens is 5. The van der Waals surface area contributed by atoms with Crippen molar-refractivity contribution in [3.63, 3.8) is 0 Å². The average Bonchev–Trinajstić information content (AvgIpc) is 3.05. The quantitative estimate of drug-likeness (QED) is 0.494. The number of thioether (sulfide) groups is 1. The van der Waals surface area contributed by atoms with Gasteiger partial charge >= 0.3 is 5.69 Å². The summed E-state index contributed by atoms with van der Waals surface area (Å²) in [5.41, 5.74) is 0.629. The molecule has 0 spiro atoms. The summed E-state index contributed by atoms with van der Waals surface area (Å²) in [5.74, 6) is 3.87. The molecule has 0 unspecified atom stereocenters. The molecule has 162 valence electrons. The zero-order valence-corrected chi connectivity index (χ0v) is 18.5. The van der Waals surface area contributed by atoms with E-state index in [1.54, 1.807) is 10.6 Å². The van der Waals surface area contributed by atoms with E-state index in [-0.39, 0.29) is 16.7 Å². The number of aromatic amines is 2. The van der Waals surface area contributed by atoms with Gasteiger partial charge in [-0.15, -0.1) is 5.10 Å². The highest BCUT2D eigenvalue weighted by Gasteiger charge is 2.52. The van der Waals surface area contributed by atoms with E-state index in [0.29, 0.717) is 17.5 Å². The zero-order valence-electron chi connectivity index (χ0n) is 17.7. The first-order valence-electron chi connectivity index (χ1n) is 11.4. The molecule has 4 aliphatic carbocycles. The number of nitrogens with zero attached hydrogens (tertiary/aromatic N) is 3. The summed E-state index contributed by atoms with van der Waals surface area (Å²) in [4.78, 5) is 32.6. The van der Waals surface area contributed by atoms with E-state index in [4.69, 9.17) is 4.98 Å². The Morgan fingerprint density at radius 3 is 2.50 bits per heavy atom. The second-order valence-electron chi connectivity index (χ2n) is 9.74. The van der Waals surface area contributed by atoms with Gasteiger partial charge in [0.15, 0.2) is 5.16 Å². The molecule has 0 aliphatic heterocycles. The maximum Gasteiger partial charge on any atom is 0.343 e. The number of rotatable bonds is 8. The molecule has 0 atom stereocenters. The molecule has 4 aliphatic rings. The Hall–Kier alpha value is -1.83. The highest BCUT2D eigenvalue weighted by molar-refractivity contribution is 7.98. The third-order valence-electron chi connectivity index (χ3n) is 7.39. The molecule has 2 heterocycles. The number of hydrogen-bond donors (Lipinski definition) is 2. The van der Waals surface area contributed by atoms with Crippen molar-refractivity contribution in [2.75, 3.05) is 0 Å². The fraction of sp³-hybridized carbons (Fsp3) is 0.727. The van der Waals surface area contributed by atoms with Crippen molar-refractivity contribution in [3.05, 3.63) is 38.4 Å². The lowest BCUT2D eigenvalue weighted by Crippen LogP contribution is -2.49. The SMILES string of the molecule is CCCCCn1c(SCc2cc(=O)[nH]c(C34CC5CC(CC(C5)C3)C4)n2)n[nH]c1=O. The summed E-state index contributed by atoms with van der Waals surface area (Å²) >= 11 is 1.48. The van der Waals surface area contributed by atoms with Crippen molar-refractivity contribution in [2.24, 2.45) is 17.8 Å². The first kappa shape index (κ1) is 20.1. The molecule has 2 N–H and O–H groups in total. The van der Waals surface area contributed by atoms with Gasteiger partial charge in [-0.1, -0.05) is 31.5 Å². The molecule has 4 fully saturated rings. The van der Waals surface area contributed by atoms with Crippen LogP contribution < -0.4 is 11.2 Å². The molecule has 0 amide bonds. The maximum absolute atomic E-state index is 12.5. The van der Waals surface area contributed by atoms with Gasteiger partial charge in [0.25, 0.3) is 5.56 Å². The van der Waals surface area contributed by atoms with Crippen LogP contribution in [0, 0.1) is 17.8 Å². The van der Waals surface area contributed by atoms with E-state index in [1.807, 2.05) is 0 Å². The van der Waals surface area contributed by atoms with Crippen LogP contribution in [0.15, 0.2) is 20.8 Å². The van der Waals surface area contributed by atoms with Crippen molar-refractivity contribution in [2.45, 2.75) is 87.6 Å². The molecule has 0 radical (unpaired) electrons. The fourth-order valence-corrected chi connectivity index (χ4v) is 7.37. The Labute approximate surface area is 180 Å². The molecule has 4 saturated carbocycles. The smallest absolute Gasteiger partial charge is 0.310 e. The molecule has 7 nitrogen and oxygen atoms in total. The van der Waals surface area contributed by atoms with Crippen molar-refractivity contribution in [3.8, 4) is 0 Å². The standard InChI is InChI=1S/C22H31N5O2S/c1-2-3-4-5-27-20(29)25-26-21(27)30-13-17-9-18(28)24-19(23-17)22-10-14-6-15(11-22)8-16(7-14)12-22/h9,14-16H,2-8,10-13H2,1H3,(H,25,29)(H,23,24,28). The molecule has 2 aromatic rings. The largest absolute Gasteiger partial charge is 0.343 e. The summed E-state index contributed by atoms with van der Waals surface area (Å²) in [6.45, 7) is 2.82. The Morgan fingerprint density at radius 1 is 1.13 bits per heavy atom. The number of nitrogens with one attached hydrogen (secondary N) is 2. The van der Waals surface area contributed by atoms with Crippen LogP contribution in [-0.2, 0) is 17.7 Å². The lowest BCUT2D eigenvalue weighted by atomic mass is 9.49. The van der Waals surface area contributed by atoms with Gasteiger partial charge < -0.3 is 4.98 Å². The predicted octanol–water partition coefficient (Wildman–Crippen LogP) is 3.61. The lowest BCUT2D eigenvalue weighted by molar-refractivity contribution is -0.00958. The van der Waals surface area contributed by atoms with E-state index >= 15 is 0 Å². The van der Waals surface area contributed by atoms with E-state index in [0.717, 1.165) is 48.5 Å². The topological polar surface area (TPSA) is 96.4 Å². The molecule has 8 heteroatoms. The summed E-state index contributed by atoms with van der Waals surface area (Å²) in [5, 5.41) is 7.42. The molecule has 30 heavy (non-hydrogen) atoms. The van der Waals surface area contributed by atoms with Crippen LogP contribution in [0.3, 0.4) is 0 Å². The van der Waals surface area contributed by atoms with Gasteiger partial charge in [0.1, 0.15) is 5.82 Å². The van der Waals surface area contributed by atoms with Crippen molar-refractivity contribution in [1.82, 2.24) is 24.7 Å². The van der Waals surface area contributed by atoms with Crippen LogP contribution in [0.1, 0.15) is 76.2 Å². The second-order valence-corrected chi connectivity index (χ2v) is 10.7. The van der Waals surface area contributed by atoms with Crippen LogP contribution in [0.4, 0.5) is 0 Å². The maximum atomic E-state index is 12.5. The Kier molecular flexibility index (Phi) is 5.37. The molecule has 0 aromatic carbocycles. The molecule has 0 saturated heterocycles. The molecular formula is C22H31N5O2S. The van der Waals surface area contributed by atoms with E-state index in [1.165, 1.54) is 50.3 Å². The Morgan fingerprint density at radius 2 is 1.83 bits per heavy atom. The minimum atomic E-state index is -0.165. The van der Waals surface area contributed by atoms with Crippen LogP contribution in [-0.4, -0.2) is 24.7 Å². The highest BCUT2D eigenvalue weighted by Crippen LogP contribution is 2.60. The van der Waals surface area contributed by atoms with Crippen molar-refractivity contribution < 1.29 is 0 Å². The Bertz CT molecular complexity index is 988. The second kappa shape index (κ2) is 8.02. The van der Waals surface area contributed by atoms with E-state index < -0.39 is 0 Å². The number of H-pyrrole nitrogens is 2. The zero-order chi connectivity index (χ0) is 20.7. The van der Waals surface area contributed by atoms with Crippen LogP contribution in [0.25, 0.3) is 0 Å². The van der Waals surface area contributed by atoms with Gasteiger partial charge in [0.05, 0.1) is 5.69 Å². The predicted molar refractivity (Wildman–Crippen MR) is 117 cm³/mol. The third-order valence-corrected chi connectivity index (χ3v) is 8.40. The first-order chi connectivity index (χ1) is 14.5. The van der Waals surface area contributed by atoms with Gasteiger partial charge in [0.2, 0.25) is 0 Å². The van der Waals surface area contributed by atoms with Crippen LogP contribution in [0.5, 0.6) is 0 Å². The van der Waals surface area contributed by atoms with Crippen molar-refractivity contribution in [1.29, 1.82) is 0 Å². The first-order valence-corrected chi connectivity index (χ1v) is 12.4. The number of unbranched alkanes of at least 4 members (excludes halogenated alkanes) is 2. The normalized spacial score (nSPS) is 29.6. The minimum absolute atomic E-state index is 0.0614. The van der Waals surface area contributed by atoms with Gasteiger partial charge in [-0.25, -0.2) is 14.9 Å². The van der Waals surface area contributed by atoms with Gasteiger partial charge in [-0.3, -0.25) is 9.36 Å². The molecular weight excluding hydrogens is 398 g/mol. The summed E-state index contributed by atoms with van der Waals surface area (Å²) in [7, 11) is 0. The Balaban J connectivity index is 1.34.